The van der Waals surface area contributed by atoms with Gasteiger partial charge in [0.2, 0.25) is 11.8 Å². The van der Waals surface area contributed by atoms with Crippen molar-refractivity contribution in [3.8, 4) is 0 Å². The summed E-state index contributed by atoms with van der Waals surface area (Å²) in [5.41, 5.74) is 6.06. The predicted octanol–water partition coefficient (Wildman–Crippen LogP) is 1.71. The molecule has 2 amide bonds. The number of benzene rings is 1. The molecule has 5 N–H and O–H groups in total. The van der Waals surface area contributed by atoms with Crippen molar-refractivity contribution >= 4 is 35.4 Å². The van der Waals surface area contributed by atoms with Gasteiger partial charge in [0, 0.05) is 18.0 Å². The molecule has 1 atom stereocenters. The zero-order chi connectivity index (χ0) is 19.9. The van der Waals surface area contributed by atoms with E-state index >= 15 is 0 Å². The Morgan fingerprint density at radius 3 is 2.44 bits per heavy atom. The standard InChI is InChI=1S/C19H25ClN4O3/c20-14-5-3-13(4-6-14)12-23-17(26)16(8-7-15(25)11-21)24-18(27)19(22)9-1-2-10-19/h3-6,11,16,21H,1-2,7-10,12,22H2,(H,23,26)(H,24,27)/t16-/m0/s1. The first kappa shape index (κ1) is 21.1. The third kappa shape index (κ3) is 6.15. The van der Waals surface area contributed by atoms with Crippen LogP contribution in [0.5, 0.6) is 0 Å². The molecule has 1 aliphatic rings. The SMILES string of the molecule is N=CC(=O)CC[C@H](NC(=O)C1(N)CCCC1)C(=O)NCc1ccc(Cl)cc1. The average molecular weight is 393 g/mol. The molecule has 1 saturated carbocycles. The van der Waals surface area contributed by atoms with E-state index in [1.165, 1.54) is 0 Å². The highest BCUT2D eigenvalue weighted by atomic mass is 35.5. The third-order valence-corrected chi connectivity index (χ3v) is 5.04. The number of nitrogens with two attached hydrogens (primary N) is 1. The first-order valence-electron chi connectivity index (χ1n) is 8.99. The summed E-state index contributed by atoms with van der Waals surface area (Å²) in [4.78, 5) is 36.6. The van der Waals surface area contributed by atoms with Crippen molar-refractivity contribution in [2.75, 3.05) is 0 Å². The van der Waals surface area contributed by atoms with Gasteiger partial charge in [0.25, 0.3) is 0 Å². The van der Waals surface area contributed by atoms with Crippen LogP contribution >= 0.6 is 11.6 Å². The summed E-state index contributed by atoms with van der Waals surface area (Å²) in [7, 11) is 0. The summed E-state index contributed by atoms with van der Waals surface area (Å²) < 4.78 is 0. The highest BCUT2D eigenvalue weighted by Gasteiger charge is 2.38. The molecule has 1 fully saturated rings. The zero-order valence-corrected chi connectivity index (χ0v) is 15.8. The molecule has 0 aromatic heterocycles. The number of halogens is 1. The summed E-state index contributed by atoms with van der Waals surface area (Å²) in [6.45, 7) is 0.272. The molecule has 0 spiro atoms. The molecule has 2 rings (SSSR count). The summed E-state index contributed by atoms with van der Waals surface area (Å²) in [5.74, 6) is -1.16. The first-order chi connectivity index (χ1) is 12.8. The largest absolute Gasteiger partial charge is 0.350 e. The third-order valence-electron chi connectivity index (χ3n) is 4.79. The summed E-state index contributed by atoms with van der Waals surface area (Å²) in [6, 6.07) is 6.16. The molecule has 0 saturated heterocycles. The lowest BCUT2D eigenvalue weighted by molar-refractivity contribution is -0.132. The molecule has 0 radical (unpaired) electrons. The van der Waals surface area contributed by atoms with Gasteiger partial charge in [0.1, 0.15) is 6.04 Å². The van der Waals surface area contributed by atoms with E-state index in [4.69, 9.17) is 22.7 Å². The molecule has 1 aliphatic carbocycles. The number of hydrogen-bond donors (Lipinski definition) is 4. The molecule has 0 aliphatic heterocycles. The number of carbonyl (C=O) groups is 3. The zero-order valence-electron chi connectivity index (χ0n) is 15.1. The first-order valence-corrected chi connectivity index (χ1v) is 9.37. The summed E-state index contributed by atoms with van der Waals surface area (Å²) >= 11 is 5.85. The minimum Gasteiger partial charge on any atom is -0.350 e. The van der Waals surface area contributed by atoms with E-state index in [0.717, 1.165) is 18.4 Å². The molecule has 1 aromatic carbocycles. The monoisotopic (exact) mass is 392 g/mol. The minimum absolute atomic E-state index is 0.000380. The summed E-state index contributed by atoms with van der Waals surface area (Å²) in [6.07, 6.45) is 3.75. The Kier molecular flexibility index (Phi) is 7.50. The maximum atomic E-state index is 12.6. The Morgan fingerprint density at radius 2 is 1.85 bits per heavy atom. The average Bonchev–Trinajstić information content (AvgIpc) is 3.11. The maximum absolute atomic E-state index is 12.6. The smallest absolute Gasteiger partial charge is 0.242 e. The Balaban J connectivity index is 1.99. The van der Waals surface area contributed by atoms with E-state index in [9.17, 15) is 14.4 Å². The molecule has 0 unspecified atom stereocenters. The van der Waals surface area contributed by atoms with Gasteiger partial charge in [-0.1, -0.05) is 36.6 Å². The number of Topliss-reactive ketones (excluding diaryl/α,β-unsaturated/α-hetero) is 1. The molecule has 1 aromatic rings. The van der Waals surface area contributed by atoms with Crippen molar-refractivity contribution in [1.82, 2.24) is 10.6 Å². The van der Waals surface area contributed by atoms with E-state index < -0.39 is 23.3 Å². The van der Waals surface area contributed by atoms with Crippen LogP contribution in [0.2, 0.25) is 5.02 Å². The van der Waals surface area contributed by atoms with Crippen molar-refractivity contribution in [1.29, 1.82) is 5.41 Å². The van der Waals surface area contributed by atoms with Crippen molar-refractivity contribution < 1.29 is 14.4 Å². The number of hydrogen-bond acceptors (Lipinski definition) is 5. The number of carbonyl (C=O) groups excluding carboxylic acids is 3. The summed E-state index contributed by atoms with van der Waals surface area (Å²) in [5, 5.41) is 13.1. The van der Waals surface area contributed by atoms with Gasteiger partial charge in [-0.25, -0.2) is 0 Å². The second-order valence-corrected chi connectivity index (χ2v) is 7.32. The molecular weight excluding hydrogens is 368 g/mol. The van der Waals surface area contributed by atoms with Crippen LogP contribution < -0.4 is 16.4 Å². The lowest BCUT2D eigenvalue weighted by Gasteiger charge is -2.26. The fourth-order valence-corrected chi connectivity index (χ4v) is 3.20. The second kappa shape index (κ2) is 9.62. The minimum atomic E-state index is -0.958. The van der Waals surface area contributed by atoms with Crippen LogP contribution in [-0.2, 0) is 20.9 Å². The fourth-order valence-electron chi connectivity index (χ4n) is 3.08. The van der Waals surface area contributed by atoms with Crippen LogP contribution in [0.25, 0.3) is 0 Å². The predicted molar refractivity (Wildman–Crippen MR) is 104 cm³/mol. The van der Waals surface area contributed by atoms with Gasteiger partial charge in [0.15, 0.2) is 5.78 Å². The van der Waals surface area contributed by atoms with Crippen LogP contribution in [0.3, 0.4) is 0 Å². The van der Waals surface area contributed by atoms with E-state index in [1.54, 1.807) is 24.3 Å². The highest BCUT2D eigenvalue weighted by molar-refractivity contribution is 6.30. The Hall–Kier alpha value is -2.25. The van der Waals surface area contributed by atoms with Crippen LogP contribution in [-0.4, -0.2) is 35.4 Å². The van der Waals surface area contributed by atoms with E-state index in [0.29, 0.717) is 24.1 Å². The van der Waals surface area contributed by atoms with Crippen molar-refractivity contribution in [2.45, 2.75) is 56.7 Å². The van der Waals surface area contributed by atoms with Gasteiger partial charge in [-0.3, -0.25) is 14.4 Å². The topological polar surface area (TPSA) is 125 Å². The van der Waals surface area contributed by atoms with Crippen LogP contribution in [0.1, 0.15) is 44.1 Å². The van der Waals surface area contributed by atoms with E-state index in [2.05, 4.69) is 10.6 Å². The molecule has 0 bridgehead atoms. The molecule has 27 heavy (non-hydrogen) atoms. The van der Waals surface area contributed by atoms with E-state index in [1.807, 2.05) is 0 Å². The second-order valence-electron chi connectivity index (χ2n) is 6.88. The normalized spacial score (nSPS) is 16.4. The highest BCUT2D eigenvalue weighted by Crippen LogP contribution is 2.27. The van der Waals surface area contributed by atoms with Gasteiger partial charge in [0.05, 0.1) is 11.8 Å². The lowest BCUT2D eigenvalue weighted by Crippen LogP contribution is -2.57. The van der Waals surface area contributed by atoms with Gasteiger partial charge in [-0.05, 0) is 37.0 Å². The van der Waals surface area contributed by atoms with Crippen LogP contribution in [0.4, 0.5) is 0 Å². The number of amides is 2. The molecule has 7 nitrogen and oxygen atoms in total. The van der Waals surface area contributed by atoms with Crippen LogP contribution in [0.15, 0.2) is 24.3 Å². The Labute approximate surface area is 163 Å². The molecule has 0 heterocycles. The van der Waals surface area contributed by atoms with E-state index in [-0.39, 0.29) is 25.3 Å². The lowest BCUT2D eigenvalue weighted by atomic mass is 9.97. The van der Waals surface area contributed by atoms with Crippen molar-refractivity contribution in [3.63, 3.8) is 0 Å². The van der Waals surface area contributed by atoms with Crippen LogP contribution in [0, 0.1) is 5.41 Å². The maximum Gasteiger partial charge on any atom is 0.242 e. The van der Waals surface area contributed by atoms with Gasteiger partial charge < -0.3 is 21.8 Å². The van der Waals surface area contributed by atoms with Gasteiger partial charge in [-0.15, -0.1) is 0 Å². The molecular formula is C19H25ClN4O3. The number of nitrogens with one attached hydrogen (secondary N) is 3. The molecule has 146 valence electrons. The fraction of sp³-hybridized carbons (Fsp3) is 0.474. The van der Waals surface area contributed by atoms with Crippen molar-refractivity contribution in [2.24, 2.45) is 5.73 Å². The Morgan fingerprint density at radius 1 is 1.22 bits per heavy atom. The molecule has 8 heteroatoms. The number of rotatable bonds is 9. The van der Waals surface area contributed by atoms with Gasteiger partial charge in [-0.2, -0.15) is 0 Å². The number of ketones is 1. The quantitative estimate of drug-likeness (QED) is 0.477. The Bertz CT molecular complexity index is 699. The van der Waals surface area contributed by atoms with Gasteiger partial charge >= 0.3 is 0 Å². The van der Waals surface area contributed by atoms with Crippen molar-refractivity contribution in [3.05, 3.63) is 34.9 Å².